The summed E-state index contributed by atoms with van der Waals surface area (Å²) in [5.74, 6) is 0.924. The number of hydrogen-bond acceptors (Lipinski definition) is 4. The fourth-order valence-corrected chi connectivity index (χ4v) is 2.99. The van der Waals surface area contributed by atoms with E-state index in [1.165, 1.54) is 12.8 Å². The van der Waals surface area contributed by atoms with Gasteiger partial charge in [0, 0.05) is 32.8 Å². The number of nitrogens with one attached hydrogen (secondary N) is 2. The molecule has 2 heterocycles. The first-order chi connectivity index (χ1) is 10.3. The second-order valence-electron chi connectivity index (χ2n) is 6.12. The largest absolute Gasteiger partial charge is 0.381 e. The first kappa shape index (κ1) is 19.7. The highest BCUT2D eigenvalue weighted by atomic mass is 35.5. The van der Waals surface area contributed by atoms with E-state index in [0.29, 0.717) is 12.5 Å². The van der Waals surface area contributed by atoms with Gasteiger partial charge in [0.1, 0.15) is 0 Å². The molecule has 0 aromatic heterocycles. The first-order valence-corrected chi connectivity index (χ1v) is 8.51. The normalized spacial score (nSPS) is 20.4. The number of carbonyl (C=O) groups is 1. The maximum absolute atomic E-state index is 11.8. The molecule has 130 valence electrons. The van der Waals surface area contributed by atoms with Crippen molar-refractivity contribution in [1.29, 1.82) is 0 Å². The Morgan fingerprint density at radius 3 is 2.64 bits per heavy atom. The zero-order valence-electron chi connectivity index (χ0n) is 13.5. The molecule has 0 spiro atoms. The van der Waals surface area contributed by atoms with Crippen LogP contribution in [0.2, 0.25) is 0 Å². The van der Waals surface area contributed by atoms with Crippen molar-refractivity contribution in [1.82, 2.24) is 10.6 Å². The zero-order chi connectivity index (χ0) is 14.8. The van der Waals surface area contributed by atoms with Gasteiger partial charge in [-0.1, -0.05) is 0 Å². The van der Waals surface area contributed by atoms with Crippen LogP contribution in [0.25, 0.3) is 0 Å². The second-order valence-corrected chi connectivity index (χ2v) is 6.12. The molecule has 0 saturated carbocycles. The quantitative estimate of drug-likeness (QED) is 0.665. The van der Waals surface area contributed by atoms with Gasteiger partial charge < -0.3 is 20.1 Å². The third kappa shape index (κ3) is 8.32. The predicted octanol–water partition coefficient (Wildman–Crippen LogP) is 1.89. The van der Waals surface area contributed by atoms with Crippen LogP contribution in [0.5, 0.6) is 0 Å². The number of piperidine rings is 1. The molecular weight excluding hydrogens is 304 g/mol. The number of amides is 1. The van der Waals surface area contributed by atoms with Crippen molar-refractivity contribution in [2.45, 2.75) is 51.0 Å². The molecule has 2 N–H and O–H groups in total. The standard InChI is InChI=1S/C16H30N2O3.ClH/c19-16(3-2-14-4-9-17-10-5-14)18-8-1-11-21-15-6-12-20-13-7-15;/h14-15,17H,1-13H2,(H,18,19);1H. The molecular formula is C16H31ClN2O3. The summed E-state index contributed by atoms with van der Waals surface area (Å²) < 4.78 is 11.1. The first-order valence-electron chi connectivity index (χ1n) is 8.51. The van der Waals surface area contributed by atoms with E-state index in [4.69, 9.17) is 9.47 Å². The number of rotatable bonds is 8. The Bertz CT molecular complexity index is 293. The summed E-state index contributed by atoms with van der Waals surface area (Å²) in [7, 11) is 0. The van der Waals surface area contributed by atoms with E-state index in [1.807, 2.05) is 0 Å². The SMILES string of the molecule is Cl.O=C(CCC1CCNCC1)NCCCOC1CCOCC1. The van der Waals surface area contributed by atoms with Gasteiger partial charge in [0.2, 0.25) is 5.91 Å². The molecule has 0 aliphatic carbocycles. The summed E-state index contributed by atoms with van der Waals surface area (Å²) in [6, 6.07) is 0. The second kappa shape index (κ2) is 12.1. The van der Waals surface area contributed by atoms with Gasteiger partial charge in [-0.3, -0.25) is 4.79 Å². The van der Waals surface area contributed by atoms with E-state index in [2.05, 4.69) is 10.6 Å². The van der Waals surface area contributed by atoms with Crippen molar-refractivity contribution in [3.63, 3.8) is 0 Å². The summed E-state index contributed by atoms with van der Waals surface area (Å²) in [6.07, 6.45) is 7.40. The molecule has 0 aromatic rings. The Kier molecular flexibility index (Phi) is 10.8. The Balaban J connectivity index is 0.00000242. The lowest BCUT2D eigenvalue weighted by Crippen LogP contribution is -2.30. The Labute approximate surface area is 140 Å². The average molecular weight is 335 g/mol. The van der Waals surface area contributed by atoms with Crippen molar-refractivity contribution >= 4 is 18.3 Å². The zero-order valence-corrected chi connectivity index (χ0v) is 14.3. The molecule has 2 saturated heterocycles. The molecule has 0 atom stereocenters. The van der Waals surface area contributed by atoms with Crippen LogP contribution in [-0.4, -0.2) is 51.5 Å². The van der Waals surface area contributed by atoms with Crippen LogP contribution in [0.15, 0.2) is 0 Å². The molecule has 0 radical (unpaired) electrons. The van der Waals surface area contributed by atoms with Crippen molar-refractivity contribution in [3.05, 3.63) is 0 Å². The van der Waals surface area contributed by atoms with Crippen molar-refractivity contribution in [2.75, 3.05) is 39.5 Å². The number of hydrogen-bond donors (Lipinski definition) is 2. The van der Waals surface area contributed by atoms with Crippen LogP contribution in [0, 0.1) is 5.92 Å². The van der Waals surface area contributed by atoms with Gasteiger partial charge in [-0.05, 0) is 57.5 Å². The highest BCUT2D eigenvalue weighted by molar-refractivity contribution is 5.85. The Hall–Kier alpha value is -0.360. The highest BCUT2D eigenvalue weighted by Crippen LogP contribution is 2.17. The minimum Gasteiger partial charge on any atom is -0.381 e. The molecule has 2 rings (SSSR count). The van der Waals surface area contributed by atoms with E-state index >= 15 is 0 Å². The Morgan fingerprint density at radius 2 is 1.91 bits per heavy atom. The van der Waals surface area contributed by atoms with Crippen LogP contribution in [-0.2, 0) is 14.3 Å². The fraction of sp³-hybridized carbons (Fsp3) is 0.938. The van der Waals surface area contributed by atoms with Crippen molar-refractivity contribution in [3.8, 4) is 0 Å². The van der Waals surface area contributed by atoms with E-state index in [-0.39, 0.29) is 18.3 Å². The fourth-order valence-electron chi connectivity index (χ4n) is 2.99. The third-order valence-electron chi connectivity index (χ3n) is 4.40. The van der Waals surface area contributed by atoms with Gasteiger partial charge in [0.15, 0.2) is 0 Å². The summed E-state index contributed by atoms with van der Waals surface area (Å²) in [6.45, 7) is 5.31. The lowest BCUT2D eigenvalue weighted by atomic mass is 9.93. The van der Waals surface area contributed by atoms with Crippen LogP contribution >= 0.6 is 12.4 Å². The maximum atomic E-state index is 11.8. The number of carbonyl (C=O) groups excluding carboxylic acids is 1. The lowest BCUT2D eigenvalue weighted by molar-refractivity contribution is -0.121. The van der Waals surface area contributed by atoms with Gasteiger partial charge in [-0.15, -0.1) is 12.4 Å². The maximum Gasteiger partial charge on any atom is 0.220 e. The van der Waals surface area contributed by atoms with Crippen molar-refractivity contribution in [2.24, 2.45) is 5.92 Å². The van der Waals surface area contributed by atoms with Crippen LogP contribution in [0.1, 0.15) is 44.9 Å². The van der Waals surface area contributed by atoms with E-state index in [1.54, 1.807) is 0 Å². The van der Waals surface area contributed by atoms with E-state index in [9.17, 15) is 4.79 Å². The molecule has 2 aliphatic heterocycles. The summed E-state index contributed by atoms with van der Waals surface area (Å²) in [5, 5.41) is 6.36. The molecule has 2 aliphatic rings. The summed E-state index contributed by atoms with van der Waals surface area (Å²) in [5.41, 5.74) is 0. The van der Waals surface area contributed by atoms with Gasteiger partial charge in [-0.2, -0.15) is 0 Å². The monoisotopic (exact) mass is 334 g/mol. The van der Waals surface area contributed by atoms with E-state index < -0.39 is 0 Å². The van der Waals surface area contributed by atoms with Crippen LogP contribution < -0.4 is 10.6 Å². The van der Waals surface area contributed by atoms with Gasteiger partial charge in [-0.25, -0.2) is 0 Å². The minimum absolute atomic E-state index is 0. The average Bonchev–Trinajstić information content (AvgIpc) is 2.54. The highest BCUT2D eigenvalue weighted by Gasteiger charge is 2.15. The van der Waals surface area contributed by atoms with E-state index in [0.717, 1.165) is 71.1 Å². The number of ether oxygens (including phenoxy) is 2. The van der Waals surface area contributed by atoms with Gasteiger partial charge in [0.25, 0.3) is 0 Å². The van der Waals surface area contributed by atoms with Gasteiger partial charge in [0.05, 0.1) is 6.10 Å². The number of halogens is 1. The van der Waals surface area contributed by atoms with Gasteiger partial charge >= 0.3 is 0 Å². The van der Waals surface area contributed by atoms with Crippen molar-refractivity contribution < 1.29 is 14.3 Å². The van der Waals surface area contributed by atoms with Crippen LogP contribution in [0.4, 0.5) is 0 Å². The molecule has 5 nitrogen and oxygen atoms in total. The minimum atomic E-state index is 0. The van der Waals surface area contributed by atoms with Crippen LogP contribution in [0.3, 0.4) is 0 Å². The lowest BCUT2D eigenvalue weighted by Gasteiger charge is -2.22. The molecule has 0 unspecified atom stereocenters. The molecule has 6 heteroatoms. The topological polar surface area (TPSA) is 59.6 Å². The molecule has 0 aromatic carbocycles. The predicted molar refractivity (Wildman–Crippen MR) is 89.5 cm³/mol. The molecule has 0 bridgehead atoms. The summed E-state index contributed by atoms with van der Waals surface area (Å²) >= 11 is 0. The Morgan fingerprint density at radius 1 is 1.18 bits per heavy atom. The smallest absolute Gasteiger partial charge is 0.220 e. The molecule has 2 fully saturated rings. The molecule has 1 amide bonds. The third-order valence-corrected chi connectivity index (χ3v) is 4.40. The molecule has 22 heavy (non-hydrogen) atoms. The summed E-state index contributed by atoms with van der Waals surface area (Å²) in [4.78, 5) is 11.8.